The molecule has 0 radical (unpaired) electrons. The fourth-order valence-corrected chi connectivity index (χ4v) is 3.34. The number of nitrogens with zero attached hydrogens (tertiary/aromatic N) is 1. The number of methoxy groups -OCH3 is 2. The van der Waals surface area contributed by atoms with Crippen LogP contribution in [0.25, 0.3) is 0 Å². The molecule has 9 nitrogen and oxygen atoms in total. The Morgan fingerprint density at radius 2 is 1.45 bits per heavy atom. The van der Waals surface area contributed by atoms with Crippen molar-refractivity contribution in [1.29, 1.82) is 0 Å². The fourth-order valence-electron chi connectivity index (χ4n) is 2.98. The minimum Gasteiger partial charge on any atom is -0.465 e. The van der Waals surface area contributed by atoms with Crippen molar-refractivity contribution in [3.63, 3.8) is 0 Å². The highest BCUT2D eigenvalue weighted by atomic mass is 79.9. The van der Waals surface area contributed by atoms with Gasteiger partial charge < -0.3 is 14.2 Å². The number of halogens is 1. The van der Waals surface area contributed by atoms with E-state index < -0.39 is 29.7 Å². The third kappa shape index (κ3) is 4.64. The summed E-state index contributed by atoms with van der Waals surface area (Å²) in [6.07, 6.45) is -0.289. The van der Waals surface area contributed by atoms with Crippen LogP contribution in [0, 0.1) is 0 Å². The van der Waals surface area contributed by atoms with Crippen molar-refractivity contribution in [2.75, 3.05) is 20.8 Å². The van der Waals surface area contributed by atoms with Crippen LogP contribution >= 0.6 is 15.9 Å². The van der Waals surface area contributed by atoms with Crippen LogP contribution in [-0.4, -0.2) is 55.4 Å². The molecule has 0 aliphatic carbocycles. The first-order valence-corrected chi connectivity index (χ1v) is 9.72. The van der Waals surface area contributed by atoms with E-state index in [4.69, 9.17) is 4.74 Å². The summed E-state index contributed by atoms with van der Waals surface area (Å²) < 4.78 is 15.1. The van der Waals surface area contributed by atoms with Crippen molar-refractivity contribution in [2.24, 2.45) is 0 Å². The molecular weight excluding hydrogens is 474 g/mol. The van der Waals surface area contributed by atoms with E-state index in [1.807, 2.05) is 0 Å². The first-order valence-electron chi connectivity index (χ1n) is 8.93. The first kappa shape index (κ1) is 22.2. The molecule has 1 aliphatic rings. The number of imide groups is 1. The minimum atomic E-state index is -0.768. The van der Waals surface area contributed by atoms with Crippen molar-refractivity contribution in [3.05, 3.63) is 63.1 Å². The van der Waals surface area contributed by atoms with Crippen LogP contribution in [0.4, 0.5) is 0 Å². The zero-order valence-electron chi connectivity index (χ0n) is 16.5. The summed E-state index contributed by atoms with van der Waals surface area (Å²) in [7, 11) is 2.33. The lowest BCUT2D eigenvalue weighted by molar-refractivity contribution is -0.134. The van der Waals surface area contributed by atoms with Gasteiger partial charge in [-0.05, 0) is 36.4 Å². The van der Waals surface area contributed by atoms with Gasteiger partial charge in [-0.2, -0.15) is 0 Å². The average Bonchev–Trinajstić information content (AvgIpc) is 2.99. The molecule has 1 heterocycles. The normalized spacial score (nSPS) is 12.4. The Bertz CT molecular complexity index is 1080. The molecule has 2 aromatic rings. The molecule has 0 saturated heterocycles. The first-order chi connectivity index (χ1) is 14.7. The summed E-state index contributed by atoms with van der Waals surface area (Å²) in [5.41, 5.74) is 0.481. The molecule has 0 N–H and O–H groups in total. The number of amides is 2. The van der Waals surface area contributed by atoms with Crippen LogP contribution in [0.1, 0.15) is 47.9 Å². The van der Waals surface area contributed by atoms with E-state index in [1.54, 1.807) is 12.1 Å². The number of ether oxygens (including phenoxy) is 3. The Morgan fingerprint density at radius 3 is 2.03 bits per heavy atom. The fraction of sp³-hybridized carbons (Fsp3) is 0.190. The number of fused-ring (bicyclic) bond motifs is 1. The zero-order chi connectivity index (χ0) is 22.7. The van der Waals surface area contributed by atoms with Crippen molar-refractivity contribution in [1.82, 2.24) is 4.90 Å². The summed E-state index contributed by atoms with van der Waals surface area (Å²) in [6, 6.07) is 8.43. The number of carbonyl (C=O) groups is 5. The topological polar surface area (TPSA) is 116 Å². The van der Waals surface area contributed by atoms with E-state index in [0.717, 1.165) is 4.90 Å². The molecule has 1 aliphatic heterocycles. The Balaban J connectivity index is 1.71. The monoisotopic (exact) mass is 489 g/mol. The molecule has 0 atom stereocenters. The predicted octanol–water partition coefficient (Wildman–Crippen LogP) is 2.61. The largest absolute Gasteiger partial charge is 0.465 e. The maximum absolute atomic E-state index is 12.5. The molecule has 0 aromatic heterocycles. The minimum absolute atomic E-state index is 0.0147. The van der Waals surface area contributed by atoms with Crippen molar-refractivity contribution < 1.29 is 38.2 Å². The van der Waals surface area contributed by atoms with E-state index >= 15 is 0 Å². The van der Waals surface area contributed by atoms with Crippen LogP contribution in [0.2, 0.25) is 0 Å². The van der Waals surface area contributed by atoms with Gasteiger partial charge in [-0.3, -0.25) is 19.3 Å². The number of benzene rings is 2. The van der Waals surface area contributed by atoms with Crippen LogP contribution in [0.5, 0.6) is 5.75 Å². The van der Waals surface area contributed by atoms with Crippen LogP contribution in [-0.2, 0) is 14.3 Å². The lowest BCUT2D eigenvalue weighted by Crippen LogP contribution is -2.32. The smallest absolute Gasteiger partial charge is 0.338 e. The summed E-state index contributed by atoms with van der Waals surface area (Å²) in [5.74, 6) is -3.33. The summed E-state index contributed by atoms with van der Waals surface area (Å²) in [5, 5.41) is 0. The molecular formula is C21H16BrNO8. The number of hydrogen-bond acceptors (Lipinski definition) is 8. The average molecular weight is 490 g/mol. The van der Waals surface area contributed by atoms with Crippen molar-refractivity contribution >= 4 is 45.7 Å². The van der Waals surface area contributed by atoms with Gasteiger partial charge in [-0.1, -0.05) is 15.9 Å². The molecule has 2 amide bonds. The number of rotatable bonds is 6. The molecule has 0 bridgehead atoms. The number of esters is 3. The quantitative estimate of drug-likeness (QED) is 0.345. The standard InChI is InChI=1S/C21H16BrNO8/c1-29-20(27)11-7-12(21(28)30-2)9-14(8-11)31-17(24)5-6-23-18(25)15-4-3-13(22)10-16(15)19(23)26/h3-4,7-10H,5-6H2,1-2H3. The van der Waals surface area contributed by atoms with E-state index in [9.17, 15) is 24.0 Å². The molecule has 0 saturated carbocycles. The van der Waals surface area contributed by atoms with Gasteiger partial charge in [0.1, 0.15) is 5.75 Å². The highest BCUT2D eigenvalue weighted by Crippen LogP contribution is 2.26. The number of hydrogen-bond donors (Lipinski definition) is 0. The summed E-state index contributed by atoms with van der Waals surface area (Å²) in [6.45, 7) is -0.191. The van der Waals surface area contributed by atoms with Gasteiger partial charge >= 0.3 is 17.9 Å². The van der Waals surface area contributed by atoms with Crippen molar-refractivity contribution in [2.45, 2.75) is 6.42 Å². The van der Waals surface area contributed by atoms with Gasteiger partial charge in [0.25, 0.3) is 11.8 Å². The Labute approximate surface area is 185 Å². The Morgan fingerprint density at radius 1 is 0.871 bits per heavy atom. The molecule has 3 rings (SSSR count). The van der Waals surface area contributed by atoms with Gasteiger partial charge in [0.05, 0.1) is 42.9 Å². The SMILES string of the molecule is COC(=O)c1cc(OC(=O)CCN2C(=O)c3ccc(Br)cc3C2=O)cc(C(=O)OC)c1. The van der Waals surface area contributed by atoms with Gasteiger partial charge in [0.2, 0.25) is 0 Å². The van der Waals surface area contributed by atoms with Gasteiger partial charge in [0.15, 0.2) is 0 Å². The van der Waals surface area contributed by atoms with E-state index in [-0.39, 0.29) is 41.0 Å². The van der Waals surface area contributed by atoms with Crippen LogP contribution in [0.15, 0.2) is 40.9 Å². The Kier molecular flexibility index (Phi) is 6.50. The molecule has 2 aromatic carbocycles. The third-order valence-corrected chi connectivity index (χ3v) is 4.95. The highest BCUT2D eigenvalue weighted by Gasteiger charge is 2.35. The molecule has 0 fully saturated rings. The van der Waals surface area contributed by atoms with Crippen LogP contribution < -0.4 is 4.74 Å². The lowest BCUT2D eigenvalue weighted by atomic mass is 10.1. The zero-order valence-corrected chi connectivity index (χ0v) is 18.1. The summed E-state index contributed by atoms with van der Waals surface area (Å²) >= 11 is 3.25. The second-order valence-electron chi connectivity index (χ2n) is 6.41. The third-order valence-electron chi connectivity index (χ3n) is 4.45. The molecule has 0 spiro atoms. The van der Waals surface area contributed by atoms with Crippen LogP contribution in [0.3, 0.4) is 0 Å². The van der Waals surface area contributed by atoms with E-state index in [1.165, 1.54) is 38.5 Å². The Hall–Kier alpha value is -3.53. The van der Waals surface area contributed by atoms with Gasteiger partial charge in [-0.25, -0.2) is 9.59 Å². The van der Waals surface area contributed by atoms with E-state index in [2.05, 4.69) is 25.4 Å². The van der Waals surface area contributed by atoms with E-state index in [0.29, 0.717) is 4.47 Å². The predicted molar refractivity (Wildman–Crippen MR) is 109 cm³/mol. The molecule has 0 unspecified atom stereocenters. The lowest BCUT2D eigenvalue weighted by Gasteiger charge is -2.13. The molecule has 31 heavy (non-hydrogen) atoms. The highest BCUT2D eigenvalue weighted by molar-refractivity contribution is 9.10. The summed E-state index contributed by atoms with van der Waals surface area (Å²) in [4.78, 5) is 61.8. The molecule has 160 valence electrons. The number of carbonyl (C=O) groups excluding carboxylic acids is 5. The van der Waals surface area contributed by atoms with Crippen molar-refractivity contribution in [3.8, 4) is 5.75 Å². The second-order valence-corrected chi connectivity index (χ2v) is 7.32. The maximum Gasteiger partial charge on any atom is 0.338 e. The van der Waals surface area contributed by atoms with Gasteiger partial charge in [-0.15, -0.1) is 0 Å². The maximum atomic E-state index is 12.5. The van der Waals surface area contributed by atoms with Gasteiger partial charge in [0, 0.05) is 11.0 Å². The molecule has 10 heteroatoms. The second kappa shape index (κ2) is 9.09.